The van der Waals surface area contributed by atoms with Crippen molar-refractivity contribution in [1.29, 1.82) is 0 Å². The number of benzene rings is 3. The minimum atomic E-state index is -0.0587. The molecule has 8 heteroatoms. The molecule has 0 aliphatic carbocycles. The first kappa shape index (κ1) is 34.6. The quantitative estimate of drug-likeness (QED) is 0.168. The summed E-state index contributed by atoms with van der Waals surface area (Å²) in [4.78, 5) is 18.4. The lowest BCUT2D eigenvalue weighted by Gasteiger charge is -2.31. The number of hydrogen-bond acceptors (Lipinski definition) is 7. The third-order valence-electron chi connectivity index (χ3n) is 8.91. The normalized spacial score (nSPS) is 15.2. The third-order valence-corrected chi connectivity index (χ3v) is 8.91. The molecular weight excluding hydrogens is 590 g/mol. The van der Waals surface area contributed by atoms with Crippen LogP contribution in [-0.4, -0.2) is 83.7 Å². The highest BCUT2D eigenvalue weighted by molar-refractivity contribution is 6.07. The van der Waals surface area contributed by atoms with Gasteiger partial charge in [0.1, 0.15) is 12.4 Å². The van der Waals surface area contributed by atoms with Gasteiger partial charge in [0, 0.05) is 76.2 Å². The van der Waals surface area contributed by atoms with E-state index in [4.69, 9.17) is 18.9 Å². The number of carbonyl (C=O) groups excluding carboxylic acids is 1. The van der Waals surface area contributed by atoms with E-state index in [1.807, 2.05) is 24.3 Å². The summed E-state index contributed by atoms with van der Waals surface area (Å²) in [5, 5.41) is 3.16. The van der Waals surface area contributed by atoms with Crippen molar-refractivity contribution in [2.45, 2.75) is 51.6 Å². The molecule has 5 rings (SSSR count). The minimum Gasteiger partial charge on any atom is -0.491 e. The number of anilines is 2. The Hall–Kier alpha value is -3.69. The third kappa shape index (κ3) is 10.1. The van der Waals surface area contributed by atoms with Crippen molar-refractivity contribution >= 4 is 23.4 Å². The second-order valence-electron chi connectivity index (χ2n) is 12.4. The second kappa shape index (κ2) is 18.0. The van der Waals surface area contributed by atoms with Crippen molar-refractivity contribution < 1.29 is 23.7 Å². The predicted octanol–water partition coefficient (Wildman–Crippen LogP) is 7.04. The van der Waals surface area contributed by atoms with Gasteiger partial charge in [0.25, 0.3) is 5.91 Å². The van der Waals surface area contributed by atoms with E-state index < -0.39 is 0 Å². The summed E-state index contributed by atoms with van der Waals surface area (Å²) in [6, 6.07) is 23.5. The highest BCUT2D eigenvalue weighted by Crippen LogP contribution is 2.33. The van der Waals surface area contributed by atoms with Crippen LogP contribution in [0.5, 0.6) is 5.75 Å². The molecule has 3 aromatic rings. The van der Waals surface area contributed by atoms with Gasteiger partial charge in [-0.1, -0.05) is 37.3 Å². The van der Waals surface area contributed by atoms with Gasteiger partial charge in [0.05, 0.1) is 6.61 Å². The van der Waals surface area contributed by atoms with Crippen molar-refractivity contribution in [2.24, 2.45) is 0 Å². The van der Waals surface area contributed by atoms with Crippen LogP contribution in [-0.2, 0) is 25.5 Å². The van der Waals surface area contributed by atoms with Crippen molar-refractivity contribution in [1.82, 2.24) is 4.90 Å². The zero-order chi connectivity index (χ0) is 32.8. The molecule has 0 aromatic heterocycles. The van der Waals surface area contributed by atoms with Gasteiger partial charge in [-0.15, -0.1) is 0 Å². The van der Waals surface area contributed by atoms with Crippen LogP contribution in [0.25, 0.3) is 17.2 Å². The molecular formula is C39H51N3O5. The van der Waals surface area contributed by atoms with Gasteiger partial charge < -0.3 is 29.2 Å². The first-order chi connectivity index (χ1) is 23.0. The maximum atomic E-state index is 13.6. The predicted molar refractivity (Wildman–Crippen MR) is 190 cm³/mol. The first-order valence-electron chi connectivity index (χ1n) is 17.1. The smallest absolute Gasteiger partial charge is 0.251 e. The molecule has 1 N–H and O–H groups in total. The van der Waals surface area contributed by atoms with Crippen LogP contribution in [0.4, 0.5) is 11.4 Å². The summed E-state index contributed by atoms with van der Waals surface area (Å²) in [6.07, 6.45) is 6.79. The summed E-state index contributed by atoms with van der Waals surface area (Å²) < 4.78 is 22.2. The standard InChI is InChI=1S/C39H51N3O5/c1-4-21-45-25-26-47-37-13-8-31(9-14-37)32-10-15-38-34(27-32)28-33(16-20-42(38)19-5-22-44-3)39(43)40-35-11-6-30(7-12-35)29-41(2)36-17-23-46-24-18-36/h6-15,27-28,36H,4-5,16-26,29H2,1-3H3,(H,40,43). The number of rotatable bonds is 16. The number of carbonyl (C=O) groups is 1. The van der Waals surface area contributed by atoms with Gasteiger partial charge in [-0.05, 0) is 104 Å². The average molecular weight is 642 g/mol. The average Bonchev–Trinajstić information content (AvgIpc) is 3.29. The van der Waals surface area contributed by atoms with Crippen molar-refractivity contribution in [3.8, 4) is 16.9 Å². The van der Waals surface area contributed by atoms with Crippen LogP contribution in [0.3, 0.4) is 0 Å². The van der Waals surface area contributed by atoms with Crippen molar-refractivity contribution in [3.05, 3.63) is 83.4 Å². The molecule has 2 aliphatic rings. The summed E-state index contributed by atoms with van der Waals surface area (Å²) in [7, 11) is 3.92. The van der Waals surface area contributed by atoms with Crippen LogP contribution < -0.4 is 15.0 Å². The molecule has 1 saturated heterocycles. The Morgan fingerprint density at radius 3 is 2.47 bits per heavy atom. The van der Waals surface area contributed by atoms with E-state index in [0.717, 1.165) is 105 Å². The molecule has 0 spiro atoms. The number of hydrogen-bond donors (Lipinski definition) is 1. The number of amides is 1. The lowest BCUT2D eigenvalue weighted by atomic mass is 10.00. The van der Waals surface area contributed by atoms with Gasteiger partial charge in [0.15, 0.2) is 0 Å². The molecule has 8 nitrogen and oxygen atoms in total. The molecule has 1 amide bonds. The van der Waals surface area contributed by atoms with Crippen molar-refractivity contribution in [3.63, 3.8) is 0 Å². The molecule has 3 aromatic carbocycles. The Kier molecular flexibility index (Phi) is 13.3. The van der Waals surface area contributed by atoms with Crippen LogP contribution in [0.15, 0.2) is 72.3 Å². The van der Waals surface area contributed by atoms with Gasteiger partial charge in [-0.25, -0.2) is 0 Å². The highest BCUT2D eigenvalue weighted by atomic mass is 16.5. The largest absolute Gasteiger partial charge is 0.491 e. The van der Waals surface area contributed by atoms with Gasteiger partial charge in [-0.2, -0.15) is 0 Å². The molecule has 47 heavy (non-hydrogen) atoms. The number of nitrogens with one attached hydrogen (secondary N) is 1. The van der Waals surface area contributed by atoms with Crippen LogP contribution in [0.2, 0.25) is 0 Å². The van der Waals surface area contributed by atoms with Crippen LogP contribution in [0, 0.1) is 0 Å². The summed E-state index contributed by atoms with van der Waals surface area (Å²) in [5.74, 6) is 0.766. The van der Waals surface area contributed by atoms with E-state index in [0.29, 0.717) is 32.3 Å². The summed E-state index contributed by atoms with van der Waals surface area (Å²) in [6.45, 7) is 8.85. The van der Waals surface area contributed by atoms with E-state index in [9.17, 15) is 4.79 Å². The van der Waals surface area contributed by atoms with Crippen molar-refractivity contribution in [2.75, 3.05) is 77.1 Å². The molecule has 252 valence electrons. The Bertz CT molecular complexity index is 1430. The summed E-state index contributed by atoms with van der Waals surface area (Å²) in [5.41, 5.74) is 7.19. The maximum Gasteiger partial charge on any atom is 0.251 e. The zero-order valence-corrected chi connectivity index (χ0v) is 28.3. The van der Waals surface area contributed by atoms with Crippen LogP contribution in [0.1, 0.15) is 50.2 Å². The Balaban J connectivity index is 1.28. The van der Waals surface area contributed by atoms with Gasteiger partial charge >= 0.3 is 0 Å². The zero-order valence-electron chi connectivity index (χ0n) is 28.3. The molecule has 0 bridgehead atoms. The van der Waals surface area contributed by atoms with E-state index in [1.165, 1.54) is 5.56 Å². The number of fused-ring (bicyclic) bond motifs is 1. The molecule has 0 unspecified atom stereocenters. The van der Waals surface area contributed by atoms with Gasteiger partial charge in [-0.3, -0.25) is 9.69 Å². The number of ether oxygens (including phenoxy) is 4. The number of methoxy groups -OCH3 is 1. The van der Waals surface area contributed by atoms with Crippen LogP contribution >= 0.6 is 0 Å². The van der Waals surface area contributed by atoms with E-state index in [-0.39, 0.29) is 5.91 Å². The minimum absolute atomic E-state index is 0.0587. The van der Waals surface area contributed by atoms with E-state index in [1.54, 1.807) is 7.11 Å². The van der Waals surface area contributed by atoms with Gasteiger partial charge in [0.2, 0.25) is 0 Å². The molecule has 2 heterocycles. The number of nitrogens with zero attached hydrogens (tertiary/aromatic N) is 2. The topological polar surface area (TPSA) is 72.5 Å². The van der Waals surface area contributed by atoms with E-state index in [2.05, 4.69) is 77.6 Å². The molecule has 1 fully saturated rings. The maximum absolute atomic E-state index is 13.6. The Morgan fingerprint density at radius 2 is 1.72 bits per heavy atom. The molecule has 2 aliphatic heterocycles. The SMILES string of the molecule is CCCOCCOc1ccc(-c2ccc3c(c2)C=C(C(=O)Nc2ccc(CN(C)C4CCOCC4)cc2)CCN3CCCOC)cc1. The molecule has 0 atom stereocenters. The highest BCUT2D eigenvalue weighted by Gasteiger charge is 2.21. The lowest BCUT2D eigenvalue weighted by molar-refractivity contribution is -0.112. The summed E-state index contributed by atoms with van der Waals surface area (Å²) >= 11 is 0. The second-order valence-corrected chi connectivity index (χ2v) is 12.4. The monoisotopic (exact) mass is 641 g/mol. The fraction of sp³-hybridized carbons (Fsp3) is 0.462. The Labute approximate surface area is 280 Å². The fourth-order valence-corrected chi connectivity index (χ4v) is 6.24. The molecule has 0 radical (unpaired) electrons. The Morgan fingerprint density at radius 1 is 0.957 bits per heavy atom. The fourth-order valence-electron chi connectivity index (χ4n) is 6.24. The molecule has 0 saturated carbocycles. The first-order valence-corrected chi connectivity index (χ1v) is 17.1. The van der Waals surface area contributed by atoms with E-state index >= 15 is 0 Å². The lowest BCUT2D eigenvalue weighted by Crippen LogP contribution is -2.36.